The van der Waals surface area contributed by atoms with Crippen molar-refractivity contribution in [3.63, 3.8) is 0 Å². The van der Waals surface area contributed by atoms with E-state index in [-0.39, 0.29) is 12.8 Å². The van der Waals surface area contributed by atoms with Crippen molar-refractivity contribution in [1.29, 1.82) is 5.26 Å². The number of methoxy groups -OCH3 is 1. The molecule has 0 amide bonds. The van der Waals surface area contributed by atoms with Gasteiger partial charge in [-0.15, -0.1) is 0 Å². The van der Waals surface area contributed by atoms with E-state index in [4.69, 9.17) is 24.5 Å². The van der Waals surface area contributed by atoms with Crippen molar-refractivity contribution in [1.82, 2.24) is 14.9 Å². The maximum Gasteiger partial charge on any atom is 0.231 e. The summed E-state index contributed by atoms with van der Waals surface area (Å²) < 4.78 is 16.6. The maximum absolute atomic E-state index is 8.99. The van der Waals surface area contributed by atoms with Crippen LogP contribution in [0.4, 0.5) is 10.9 Å². The molecule has 2 aliphatic rings. The van der Waals surface area contributed by atoms with Gasteiger partial charge in [0.1, 0.15) is 22.5 Å². The number of fused-ring (bicyclic) bond motifs is 1. The number of likely N-dealkylation sites (tertiary alicyclic amines) is 1. The fourth-order valence-corrected chi connectivity index (χ4v) is 4.67. The van der Waals surface area contributed by atoms with Crippen LogP contribution in [0.2, 0.25) is 0 Å². The molecule has 1 fully saturated rings. The van der Waals surface area contributed by atoms with E-state index in [1.807, 2.05) is 24.3 Å². The molecule has 0 unspecified atom stereocenters. The molecular formula is C22H21N5O3S. The third-order valence-corrected chi connectivity index (χ3v) is 6.29. The number of rotatable bonds is 6. The standard InChI is InChI=1S/C22H21N5O3S/c1-28-18-9-20-19(29-13-30-20)8-14(18)12-27-7-3-5-17(27)16-4-2-6-21(25-16)26-22-24-11-15(10-23)31-22/h2,4,6,8-9,11,17H,3,5,7,12-13H2,1H3,(H,24,25,26)/t17-/m1/s1. The van der Waals surface area contributed by atoms with Crippen LogP contribution in [0.25, 0.3) is 0 Å². The molecule has 0 aliphatic carbocycles. The van der Waals surface area contributed by atoms with Gasteiger partial charge in [0, 0.05) is 18.2 Å². The molecule has 5 rings (SSSR count). The molecule has 0 bridgehead atoms. The van der Waals surface area contributed by atoms with Gasteiger partial charge in [-0.05, 0) is 37.6 Å². The van der Waals surface area contributed by atoms with Crippen LogP contribution in [0, 0.1) is 11.3 Å². The third-order valence-electron chi connectivity index (χ3n) is 5.48. The van der Waals surface area contributed by atoms with E-state index in [2.05, 4.69) is 27.3 Å². The summed E-state index contributed by atoms with van der Waals surface area (Å²) in [5.41, 5.74) is 2.08. The van der Waals surface area contributed by atoms with Crippen molar-refractivity contribution >= 4 is 22.3 Å². The van der Waals surface area contributed by atoms with Gasteiger partial charge in [0.15, 0.2) is 16.6 Å². The topological polar surface area (TPSA) is 92.5 Å². The smallest absolute Gasteiger partial charge is 0.231 e. The van der Waals surface area contributed by atoms with E-state index in [1.165, 1.54) is 11.3 Å². The summed E-state index contributed by atoms with van der Waals surface area (Å²) in [5.74, 6) is 3.01. The van der Waals surface area contributed by atoms with Crippen molar-refractivity contribution in [3.05, 3.63) is 52.7 Å². The quantitative estimate of drug-likeness (QED) is 0.615. The molecule has 3 aromatic rings. The zero-order valence-corrected chi connectivity index (χ0v) is 17.8. The Hall–Kier alpha value is -3.35. The van der Waals surface area contributed by atoms with Crippen LogP contribution in [-0.4, -0.2) is 35.3 Å². The molecule has 8 nitrogen and oxygen atoms in total. The SMILES string of the molecule is COc1cc2c(cc1CN1CCC[C@@H]1c1cccc(Nc3ncc(C#N)s3)n1)OCO2. The van der Waals surface area contributed by atoms with Crippen LogP contribution >= 0.6 is 11.3 Å². The predicted molar refractivity (Wildman–Crippen MR) is 116 cm³/mol. The minimum Gasteiger partial charge on any atom is -0.496 e. The monoisotopic (exact) mass is 435 g/mol. The molecule has 158 valence electrons. The maximum atomic E-state index is 8.99. The number of anilines is 2. The Bertz CT molecular complexity index is 1140. The average Bonchev–Trinajstić information content (AvgIpc) is 3.54. The van der Waals surface area contributed by atoms with Crippen molar-refractivity contribution in [2.45, 2.75) is 25.4 Å². The lowest BCUT2D eigenvalue weighted by Crippen LogP contribution is -2.24. The molecule has 2 aromatic heterocycles. The first-order valence-corrected chi connectivity index (χ1v) is 10.9. The van der Waals surface area contributed by atoms with E-state index in [0.717, 1.165) is 60.3 Å². The van der Waals surface area contributed by atoms with Gasteiger partial charge in [-0.25, -0.2) is 9.97 Å². The Morgan fingerprint density at radius 1 is 1.32 bits per heavy atom. The number of hydrogen-bond acceptors (Lipinski definition) is 9. The van der Waals surface area contributed by atoms with Gasteiger partial charge in [0.05, 0.1) is 25.0 Å². The van der Waals surface area contributed by atoms with Crippen molar-refractivity contribution in [2.75, 3.05) is 25.8 Å². The van der Waals surface area contributed by atoms with Gasteiger partial charge in [-0.1, -0.05) is 17.4 Å². The highest BCUT2D eigenvalue weighted by molar-refractivity contribution is 7.16. The fourth-order valence-electron chi connectivity index (χ4n) is 4.05. The van der Waals surface area contributed by atoms with E-state index in [9.17, 15) is 0 Å². The lowest BCUT2D eigenvalue weighted by molar-refractivity contribution is 0.173. The minimum atomic E-state index is 0.211. The molecule has 1 N–H and O–H groups in total. The third kappa shape index (κ3) is 4.00. The highest BCUT2D eigenvalue weighted by Gasteiger charge is 2.29. The number of thiazole rings is 1. The second-order valence-electron chi connectivity index (χ2n) is 7.36. The van der Waals surface area contributed by atoms with Crippen molar-refractivity contribution in [3.8, 4) is 23.3 Å². The second kappa shape index (κ2) is 8.41. The van der Waals surface area contributed by atoms with Crippen LogP contribution in [0.15, 0.2) is 36.5 Å². The normalized spacial score (nSPS) is 17.5. The Balaban J connectivity index is 1.36. The molecule has 9 heteroatoms. The number of benzene rings is 1. The van der Waals surface area contributed by atoms with Crippen LogP contribution in [0.3, 0.4) is 0 Å². The number of nitrogens with one attached hydrogen (secondary N) is 1. The summed E-state index contributed by atoms with van der Waals surface area (Å²) in [5, 5.41) is 12.9. The molecule has 0 radical (unpaired) electrons. The lowest BCUT2D eigenvalue weighted by atomic mass is 10.1. The van der Waals surface area contributed by atoms with Gasteiger partial charge in [0.2, 0.25) is 6.79 Å². The summed E-state index contributed by atoms with van der Waals surface area (Å²) in [4.78, 5) is 12.0. The van der Waals surface area contributed by atoms with Crippen LogP contribution in [0.1, 0.15) is 35.0 Å². The van der Waals surface area contributed by atoms with Crippen molar-refractivity contribution < 1.29 is 14.2 Å². The number of nitriles is 1. The molecule has 0 saturated carbocycles. The van der Waals surface area contributed by atoms with E-state index >= 15 is 0 Å². The summed E-state index contributed by atoms with van der Waals surface area (Å²) in [6.45, 7) is 1.97. The van der Waals surface area contributed by atoms with Gasteiger partial charge in [-0.3, -0.25) is 4.90 Å². The predicted octanol–water partition coefficient (Wildman–Crippen LogP) is 4.23. The Morgan fingerprint density at radius 3 is 3.00 bits per heavy atom. The first-order valence-electron chi connectivity index (χ1n) is 10.0. The first kappa shape index (κ1) is 19.6. The molecule has 1 saturated heterocycles. The Morgan fingerprint density at radius 2 is 2.19 bits per heavy atom. The summed E-state index contributed by atoms with van der Waals surface area (Å²) in [6, 6.07) is 12.2. The van der Waals surface area contributed by atoms with Gasteiger partial charge in [-0.2, -0.15) is 5.26 Å². The Kier molecular flexibility index (Phi) is 5.32. The van der Waals surface area contributed by atoms with Crippen LogP contribution in [-0.2, 0) is 6.54 Å². The molecule has 1 atom stereocenters. The van der Waals surface area contributed by atoms with E-state index in [0.29, 0.717) is 10.0 Å². The minimum absolute atomic E-state index is 0.211. The summed E-state index contributed by atoms with van der Waals surface area (Å²) in [6.07, 6.45) is 3.71. The van der Waals surface area contributed by atoms with Crippen molar-refractivity contribution in [2.24, 2.45) is 0 Å². The highest BCUT2D eigenvalue weighted by atomic mass is 32.1. The number of ether oxygens (including phenoxy) is 3. The highest BCUT2D eigenvalue weighted by Crippen LogP contribution is 2.40. The van der Waals surface area contributed by atoms with Gasteiger partial charge in [0.25, 0.3) is 0 Å². The number of aromatic nitrogens is 2. The molecule has 4 heterocycles. The first-order chi connectivity index (χ1) is 15.2. The van der Waals surface area contributed by atoms with Gasteiger partial charge >= 0.3 is 0 Å². The van der Waals surface area contributed by atoms with E-state index < -0.39 is 0 Å². The zero-order valence-electron chi connectivity index (χ0n) is 17.0. The lowest BCUT2D eigenvalue weighted by Gasteiger charge is -2.25. The molecule has 1 aromatic carbocycles. The summed E-state index contributed by atoms with van der Waals surface area (Å²) >= 11 is 1.31. The van der Waals surface area contributed by atoms with Gasteiger partial charge < -0.3 is 19.5 Å². The van der Waals surface area contributed by atoms with E-state index in [1.54, 1.807) is 13.3 Å². The summed E-state index contributed by atoms with van der Waals surface area (Å²) in [7, 11) is 1.68. The number of pyridine rings is 1. The fraction of sp³-hybridized carbons (Fsp3) is 0.318. The number of hydrogen-bond donors (Lipinski definition) is 1. The molecular weight excluding hydrogens is 414 g/mol. The number of nitrogens with zero attached hydrogens (tertiary/aromatic N) is 4. The second-order valence-corrected chi connectivity index (χ2v) is 8.39. The van der Waals surface area contributed by atoms with Crippen LogP contribution < -0.4 is 19.5 Å². The largest absolute Gasteiger partial charge is 0.496 e. The molecule has 2 aliphatic heterocycles. The molecule has 0 spiro atoms. The Labute approximate surface area is 184 Å². The van der Waals surface area contributed by atoms with Crippen LogP contribution in [0.5, 0.6) is 17.2 Å². The molecule has 31 heavy (non-hydrogen) atoms. The average molecular weight is 436 g/mol. The zero-order chi connectivity index (χ0) is 21.2.